The van der Waals surface area contributed by atoms with Crippen molar-refractivity contribution in [1.29, 1.82) is 0 Å². The summed E-state index contributed by atoms with van der Waals surface area (Å²) in [4.78, 5) is 15.2. The number of rotatable bonds is 6. The Balaban J connectivity index is 2.14. The molecule has 5 nitrogen and oxygen atoms in total. The van der Waals surface area contributed by atoms with Crippen molar-refractivity contribution in [2.75, 3.05) is 0 Å². The van der Waals surface area contributed by atoms with Crippen molar-refractivity contribution >= 4 is 20.7 Å². The highest BCUT2D eigenvalue weighted by atomic mass is 32.2. The minimum Gasteiger partial charge on any atom is -0.360 e. The fourth-order valence-electron chi connectivity index (χ4n) is 3.34. The van der Waals surface area contributed by atoms with Crippen LogP contribution in [0.1, 0.15) is 46.5 Å². The second-order valence-electron chi connectivity index (χ2n) is 7.27. The summed E-state index contributed by atoms with van der Waals surface area (Å²) in [5.74, 6) is 0.769. The summed E-state index contributed by atoms with van der Waals surface area (Å²) in [6.45, 7) is 6.50. The minimum atomic E-state index is -4.11. The van der Waals surface area contributed by atoms with E-state index >= 15 is 0 Å². The lowest BCUT2D eigenvalue weighted by Gasteiger charge is -2.28. The molecule has 0 fully saturated rings. The molecule has 0 spiro atoms. The molecule has 1 aromatic rings. The number of Topliss-reactive ketones (excluding diaryl/α,β-unsaturated/α-hetero) is 1. The summed E-state index contributed by atoms with van der Waals surface area (Å²) in [5, 5.41) is -0.784. The van der Waals surface area contributed by atoms with Crippen LogP contribution in [-0.2, 0) is 14.6 Å². The van der Waals surface area contributed by atoms with Crippen molar-refractivity contribution in [3.63, 3.8) is 0 Å². The van der Waals surface area contributed by atoms with Crippen LogP contribution in [0.15, 0.2) is 46.9 Å². The zero-order chi connectivity index (χ0) is 19.3. The highest BCUT2D eigenvalue weighted by Gasteiger charge is 2.37. The molecule has 0 amide bonds. The fourth-order valence-corrected chi connectivity index (χ4v) is 4.59. The Morgan fingerprint density at radius 3 is 2.46 bits per heavy atom. The highest BCUT2D eigenvalue weighted by molar-refractivity contribution is 8.08. The normalized spacial score (nSPS) is 20.4. The van der Waals surface area contributed by atoms with E-state index in [2.05, 4.69) is 31.6 Å². The van der Waals surface area contributed by atoms with Gasteiger partial charge in [0, 0.05) is 6.42 Å². The van der Waals surface area contributed by atoms with Gasteiger partial charge in [-0.2, -0.15) is 0 Å². The zero-order valence-corrected chi connectivity index (χ0v) is 16.4. The van der Waals surface area contributed by atoms with Crippen LogP contribution in [0.2, 0.25) is 0 Å². The molecule has 0 bridgehead atoms. The van der Waals surface area contributed by atoms with Crippen LogP contribution in [0.4, 0.5) is 0 Å². The number of hydrogen-bond donors (Lipinski definition) is 0. The summed E-state index contributed by atoms with van der Waals surface area (Å²) in [6, 6.07) is 7.57. The van der Waals surface area contributed by atoms with Crippen LogP contribution in [0.25, 0.3) is 5.53 Å². The summed E-state index contributed by atoms with van der Waals surface area (Å²) >= 11 is 0. The first kappa shape index (κ1) is 20.3. The summed E-state index contributed by atoms with van der Waals surface area (Å²) in [6.07, 6.45) is 4.97. The van der Waals surface area contributed by atoms with Gasteiger partial charge in [0.05, 0.1) is 4.90 Å². The maximum absolute atomic E-state index is 12.5. The maximum atomic E-state index is 12.5. The van der Waals surface area contributed by atoms with Gasteiger partial charge in [-0.25, -0.2) is 8.42 Å². The number of sulfone groups is 1. The molecule has 0 aromatic heterocycles. The average molecular weight is 375 g/mol. The Morgan fingerprint density at radius 2 is 1.88 bits per heavy atom. The number of allylic oxidation sites excluding steroid dienone is 2. The van der Waals surface area contributed by atoms with Gasteiger partial charge in [-0.3, -0.25) is 4.79 Å². The fraction of sp³-hybridized carbons (Fsp3) is 0.500. The minimum absolute atomic E-state index is 0.0203. The van der Waals surface area contributed by atoms with E-state index < -0.39 is 20.7 Å². The molecule has 1 aliphatic rings. The monoisotopic (exact) mass is 374 g/mol. The number of hydrogen-bond acceptors (Lipinski definition) is 3. The van der Waals surface area contributed by atoms with Crippen LogP contribution in [-0.4, -0.2) is 24.0 Å². The van der Waals surface area contributed by atoms with Gasteiger partial charge in [0.1, 0.15) is 0 Å². The van der Waals surface area contributed by atoms with E-state index in [9.17, 15) is 18.7 Å². The van der Waals surface area contributed by atoms with Crippen molar-refractivity contribution in [3.8, 4) is 0 Å². The van der Waals surface area contributed by atoms with Gasteiger partial charge in [0.15, 0.2) is 0 Å². The van der Waals surface area contributed by atoms with E-state index in [0.29, 0.717) is 24.2 Å². The molecule has 1 aliphatic carbocycles. The van der Waals surface area contributed by atoms with Crippen molar-refractivity contribution in [2.24, 2.45) is 17.8 Å². The molecule has 0 aliphatic heterocycles. The quantitative estimate of drug-likeness (QED) is 0.247. The first-order chi connectivity index (χ1) is 12.3. The Bertz CT molecular complexity index is 835. The Hall–Kier alpha value is -2.04. The molecule has 0 heterocycles. The Kier molecular flexibility index (Phi) is 6.68. The average Bonchev–Trinajstić information content (AvgIpc) is 2.62. The van der Waals surface area contributed by atoms with Gasteiger partial charge >= 0.3 is 5.04 Å². The van der Waals surface area contributed by atoms with E-state index in [0.717, 1.165) is 12.8 Å². The van der Waals surface area contributed by atoms with Crippen LogP contribution in [0.5, 0.6) is 0 Å². The molecule has 6 heteroatoms. The van der Waals surface area contributed by atoms with Gasteiger partial charge in [-0.15, -0.1) is 4.79 Å². The number of nitrogens with zero attached hydrogens (tertiary/aromatic N) is 2. The molecule has 2 rings (SSSR count). The molecule has 0 N–H and O–H groups in total. The van der Waals surface area contributed by atoms with Gasteiger partial charge in [0.25, 0.3) is 15.6 Å². The molecular formula is C20H26N2O3S. The Labute approximate surface area is 155 Å². The van der Waals surface area contributed by atoms with E-state index in [1.807, 2.05) is 0 Å². The summed E-state index contributed by atoms with van der Waals surface area (Å²) in [5.41, 5.74) is 10.4. The third kappa shape index (κ3) is 4.57. The largest absolute Gasteiger partial charge is 0.451 e. The van der Waals surface area contributed by atoms with Gasteiger partial charge in [0.2, 0.25) is 0 Å². The van der Waals surface area contributed by atoms with Crippen LogP contribution < -0.4 is 0 Å². The van der Waals surface area contributed by atoms with Crippen LogP contribution in [0.3, 0.4) is 0 Å². The van der Waals surface area contributed by atoms with E-state index in [1.165, 1.54) is 17.7 Å². The van der Waals surface area contributed by atoms with Crippen molar-refractivity contribution < 1.29 is 18.0 Å². The first-order valence-electron chi connectivity index (χ1n) is 9.03. The summed E-state index contributed by atoms with van der Waals surface area (Å²) < 4.78 is 25.1. The number of benzene rings is 1. The standard InChI is InChI=1S/C20H26N2O3S/c1-14(2)16-10-9-15(3)17(13-16)11-12-19(23)20(22-21)26(24,25)18-7-5-4-6-8-18/h4-8,13-16H,9-12H2,1-3H3/t15-,16+/m0/s1. The maximum Gasteiger partial charge on any atom is 0.451 e. The summed E-state index contributed by atoms with van der Waals surface area (Å²) in [7, 11) is -4.11. The lowest BCUT2D eigenvalue weighted by Crippen LogP contribution is -2.26. The molecule has 0 saturated carbocycles. The van der Waals surface area contributed by atoms with Crippen LogP contribution >= 0.6 is 0 Å². The molecule has 140 valence electrons. The van der Waals surface area contributed by atoms with E-state index in [4.69, 9.17) is 0 Å². The smallest absolute Gasteiger partial charge is 0.360 e. The molecule has 0 unspecified atom stereocenters. The number of ketones is 1. The van der Waals surface area contributed by atoms with E-state index in [1.54, 1.807) is 18.2 Å². The van der Waals surface area contributed by atoms with Crippen LogP contribution in [0, 0.1) is 17.8 Å². The first-order valence-corrected chi connectivity index (χ1v) is 10.5. The zero-order valence-electron chi connectivity index (χ0n) is 15.6. The molecule has 26 heavy (non-hydrogen) atoms. The third-order valence-corrected chi connectivity index (χ3v) is 6.84. The number of carbonyl (C=O) groups excluding carboxylic acids is 1. The highest BCUT2D eigenvalue weighted by Crippen LogP contribution is 2.34. The van der Waals surface area contributed by atoms with Crippen molar-refractivity contribution in [1.82, 2.24) is 0 Å². The molecular weight excluding hydrogens is 348 g/mol. The predicted octanol–water partition coefficient (Wildman–Crippen LogP) is 4.07. The third-order valence-electron chi connectivity index (χ3n) is 5.13. The topological polar surface area (TPSA) is 87.6 Å². The second-order valence-corrected chi connectivity index (χ2v) is 9.14. The van der Waals surface area contributed by atoms with E-state index in [-0.39, 0.29) is 11.3 Å². The lowest BCUT2D eigenvalue weighted by molar-refractivity contribution is -0.116. The number of carbonyl (C=O) groups is 1. The van der Waals surface area contributed by atoms with Gasteiger partial charge in [-0.1, -0.05) is 50.6 Å². The second kappa shape index (κ2) is 8.56. The van der Waals surface area contributed by atoms with Gasteiger partial charge < -0.3 is 5.53 Å². The lowest BCUT2D eigenvalue weighted by atomic mass is 9.77. The van der Waals surface area contributed by atoms with Gasteiger partial charge in [-0.05, 0) is 49.1 Å². The molecule has 2 atom stereocenters. The van der Waals surface area contributed by atoms with Crippen molar-refractivity contribution in [3.05, 3.63) is 47.5 Å². The van der Waals surface area contributed by atoms with Crippen molar-refractivity contribution in [2.45, 2.75) is 51.3 Å². The Morgan fingerprint density at radius 1 is 1.23 bits per heavy atom. The molecule has 0 radical (unpaired) electrons. The predicted molar refractivity (Wildman–Crippen MR) is 101 cm³/mol. The molecule has 1 aromatic carbocycles. The SMILES string of the molecule is CC(C)[C@H]1C=C(CCC(=O)C(=[N+]=[N-])S(=O)(=O)c2ccccc2)[C@@H](C)CC1. The molecule has 0 saturated heterocycles.